The minimum absolute atomic E-state index is 0.0550. The Bertz CT molecular complexity index is 524. The molecule has 1 aromatic carbocycles. The fraction of sp³-hybridized carbons (Fsp3) is 0.571. The summed E-state index contributed by atoms with van der Waals surface area (Å²) in [6.07, 6.45) is 1.81. The van der Waals surface area contributed by atoms with Crippen LogP contribution in [0.3, 0.4) is 0 Å². The summed E-state index contributed by atoms with van der Waals surface area (Å²) in [5.41, 5.74) is 6.21. The summed E-state index contributed by atoms with van der Waals surface area (Å²) in [5.74, 6) is 0.927. The maximum absolute atomic E-state index is 11.9. The van der Waals surface area contributed by atoms with Gasteiger partial charge >= 0.3 is 0 Å². The van der Waals surface area contributed by atoms with Gasteiger partial charge in [-0.1, -0.05) is 0 Å². The SMILES string of the molecule is Nc1ccc(OCCS(=O)(=O)NCC2CCOCC2)cc1. The van der Waals surface area contributed by atoms with Crippen molar-refractivity contribution in [2.45, 2.75) is 12.8 Å². The molecule has 1 saturated heterocycles. The molecule has 1 heterocycles. The van der Waals surface area contributed by atoms with Crippen LogP contribution in [0.25, 0.3) is 0 Å². The highest BCUT2D eigenvalue weighted by molar-refractivity contribution is 7.89. The molecule has 21 heavy (non-hydrogen) atoms. The molecule has 0 radical (unpaired) electrons. The molecule has 1 aliphatic rings. The van der Waals surface area contributed by atoms with E-state index in [-0.39, 0.29) is 12.4 Å². The maximum atomic E-state index is 11.9. The van der Waals surface area contributed by atoms with Gasteiger partial charge in [0.1, 0.15) is 12.4 Å². The van der Waals surface area contributed by atoms with Crippen molar-refractivity contribution in [2.75, 3.05) is 37.9 Å². The number of hydrogen-bond acceptors (Lipinski definition) is 5. The van der Waals surface area contributed by atoms with E-state index < -0.39 is 10.0 Å². The van der Waals surface area contributed by atoms with E-state index in [9.17, 15) is 8.42 Å². The smallest absolute Gasteiger partial charge is 0.214 e. The van der Waals surface area contributed by atoms with Gasteiger partial charge in [-0.25, -0.2) is 13.1 Å². The summed E-state index contributed by atoms with van der Waals surface area (Å²) >= 11 is 0. The lowest BCUT2D eigenvalue weighted by molar-refractivity contribution is 0.0678. The number of nitrogens with two attached hydrogens (primary N) is 1. The second-order valence-electron chi connectivity index (χ2n) is 5.14. The third kappa shape index (κ3) is 5.91. The van der Waals surface area contributed by atoms with Crippen LogP contribution >= 0.6 is 0 Å². The number of anilines is 1. The first-order chi connectivity index (χ1) is 10.1. The van der Waals surface area contributed by atoms with Crippen LogP contribution in [0.2, 0.25) is 0 Å². The van der Waals surface area contributed by atoms with E-state index in [2.05, 4.69) is 4.72 Å². The molecular weight excluding hydrogens is 292 g/mol. The molecule has 118 valence electrons. The van der Waals surface area contributed by atoms with E-state index in [1.807, 2.05) is 0 Å². The zero-order chi connectivity index (χ0) is 15.1. The monoisotopic (exact) mass is 314 g/mol. The van der Waals surface area contributed by atoms with Gasteiger partial charge in [-0.15, -0.1) is 0 Å². The van der Waals surface area contributed by atoms with Gasteiger partial charge in [0.25, 0.3) is 0 Å². The molecule has 1 fully saturated rings. The second kappa shape index (κ2) is 7.63. The average molecular weight is 314 g/mol. The number of nitrogen functional groups attached to an aromatic ring is 1. The van der Waals surface area contributed by atoms with Crippen LogP contribution in [0.4, 0.5) is 5.69 Å². The number of benzene rings is 1. The highest BCUT2D eigenvalue weighted by Crippen LogP contribution is 2.14. The molecule has 6 nitrogen and oxygen atoms in total. The fourth-order valence-electron chi connectivity index (χ4n) is 2.10. The molecule has 2 rings (SSSR count). The van der Waals surface area contributed by atoms with Crippen LogP contribution in [0, 0.1) is 5.92 Å². The molecule has 7 heteroatoms. The molecule has 0 atom stereocenters. The summed E-state index contributed by atoms with van der Waals surface area (Å²) in [4.78, 5) is 0. The van der Waals surface area contributed by atoms with Gasteiger partial charge in [0.15, 0.2) is 0 Å². The van der Waals surface area contributed by atoms with Gasteiger partial charge in [-0.3, -0.25) is 0 Å². The molecule has 1 aromatic rings. The van der Waals surface area contributed by atoms with Gasteiger partial charge in [-0.2, -0.15) is 0 Å². The lowest BCUT2D eigenvalue weighted by atomic mass is 10.0. The van der Waals surface area contributed by atoms with Crippen LogP contribution < -0.4 is 15.2 Å². The number of ether oxygens (including phenoxy) is 2. The van der Waals surface area contributed by atoms with Crippen molar-refractivity contribution in [1.29, 1.82) is 0 Å². The average Bonchev–Trinajstić information content (AvgIpc) is 2.48. The standard InChI is InChI=1S/C14H22N2O4S/c15-13-1-3-14(4-2-13)20-9-10-21(17,18)16-11-12-5-7-19-8-6-12/h1-4,12,16H,5-11,15H2. The first-order valence-electron chi connectivity index (χ1n) is 7.08. The summed E-state index contributed by atoms with van der Waals surface area (Å²) in [5, 5.41) is 0. The Morgan fingerprint density at radius 1 is 1.24 bits per heavy atom. The Kier molecular flexibility index (Phi) is 5.84. The van der Waals surface area contributed by atoms with Crippen LogP contribution in [-0.4, -0.2) is 40.5 Å². The third-order valence-corrected chi connectivity index (χ3v) is 4.74. The molecule has 3 N–H and O–H groups in total. The summed E-state index contributed by atoms with van der Waals surface area (Å²) < 4.78 is 37.0. The van der Waals surface area contributed by atoms with Crippen molar-refractivity contribution in [2.24, 2.45) is 5.92 Å². The Hall–Kier alpha value is -1.31. The van der Waals surface area contributed by atoms with E-state index in [1.54, 1.807) is 24.3 Å². The summed E-state index contributed by atoms with van der Waals surface area (Å²) in [6, 6.07) is 6.87. The molecule has 0 spiro atoms. The predicted molar refractivity (Wildman–Crippen MR) is 81.7 cm³/mol. The molecule has 0 bridgehead atoms. The topological polar surface area (TPSA) is 90.7 Å². The fourth-order valence-corrected chi connectivity index (χ4v) is 3.04. The van der Waals surface area contributed by atoms with Gasteiger partial charge < -0.3 is 15.2 Å². The molecule has 0 saturated carbocycles. The van der Waals surface area contributed by atoms with Crippen LogP contribution in [0.5, 0.6) is 5.75 Å². The Morgan fingerprint density at radius 3 is 2.57 bits per heavy atom. The Balaban J connectivity index is 1.69. The first kappa shape index (κ1) is 16.1. The lowest BCUT2D eigenvalue weighted by Crippen LogP contribution is -2.34. The first-order valence-corrected chi connectivity index (χ1v) is 8.74. The minimum Gasteiger partial charge on any atom is -0.492 e. The van der Waals surface area contributed by atoms with E-state index in [0.717, 1.165) is 12.8 Å². The van der Waals surface area contributed by atoms with Crippen molar-refractivity contribution < 1.29 is 17.9 Å². The predicted octanol–water partition coefficient (Wildman–Crippen LogP) is 0.994. The Morgan fingerprint density at radius 2 is 1.90 bits per heavy atom. The van der Waals surface area contributed by atoms with Crippen molar-refractivity contribution >= 4 is 15.7 Å². The summed E-state index contributed by atoms with van der Waals surface area (Å²) in [6.45, 7) is 2.03. The molecule has 0 aliphatic carbocycles. The molecule has 0 aromatic heterocycles. The largest absolute Gasteiger partial charge is 0.492 e. The van der Waals surface area contributed by atoms with Crippen LogP contribution in [0.1, 0.15) is 12.8 Å². The minimum atomic E-state index is -3.30. The molecule has 0 amide bonds. The van der Waals surface area contributed by atoms with Gasteiger partial charge in [0.05, 0.1) is 5.75 Å². The molecule has 1 aliphatic heterocycles. The van der Waals surface area contributed by atoms with Crippen molar-refractivity contribution in [3.05, 3.63) is 24.3 Å². The van der Waals surface area contributed by atoms with Gasteiger partial charge in [-0.05, 0) is 43.0 Å². The van der Waals surface area contributed by atoms with E-state index in [4.69, 9.17) is 15.2 Å². The second-order valence-corrected chi connectivity index (χ2v) is 7.07. The van der Waals surface area contributed by atoms with E-state index in [1.165, 1.54) is 0 Å². The Labute approximate surface area is 125 Å². The highest BCUT2D eigenvalue weighted by atomic mass is 32.2. The quantitative estimate of drug-likeness (QED) is 0.733. The summed E-state index contributed by atoms with van der Waals surface area (Å²) in [7, 11) is -3.30. The normalized spacial score (nSPS) is 16.8. The molecule has 0 unspecified atom stereocenters. The van der Waals surface area contributed by atoms with Crippen molar-refractivity contribution in [1.82, 2.24) is 4.72 Å². The zero-order valence-electron chi connectivity index (χ0n) is 12.0. The van der Waals surface area contributed by atoms with Crippen molar-refractivity contribution in [3.8, 4) is 5.75 Å². The highest BCUT2D eigenvalue weighted by Gasteiger charge is 2.17. The number of hydrogen-bond donors (Lipinski definition) is 2. The maximum Gasteiger partial charge on any atom is 0.214 e. The number of nitrogens with one attached hydrogen (secondary N) is 1. The number of rotatable bonds is 7. The van der Waals surface area contributed by atoms with Crippen LogP contribution in [-0.2, 0) is 14.8 Å². The van der Waals surface area contributed by atoms with Crippen LogP contribution in [0.15, 0.2) is 24.3 Å². The van der Waals surface area contributed by atoms with Crippen molar-refractivity contribution in [3.63, 3.8) is 0 Å². The van der Waals surface area contributed by atoms with Gasteiger partial charge in [0, 0.05) is 25.4 Å². The number of sulfonamides is 1. The third-order valence-electron chi connectivity index (χ3n) is 3.43. The van der Waals surface area contributed by atoms with E-state index in [0.29, 0.717) is 37.1 Å². The molecular formula is C14H22N2O4S. The lowest BCUT2D eigenvalue weighted by Gasteiger charge is -2.22. The zero-order valence-corrected chi connectivity index (χ0v) is 12.8. The van der Waals surface area contributed by atoms with E-state index >= 15 is 0 Å². The van der Waals surface area contributed by atoms with Gasteiger partial charge in [0.2, 0.25) is 10.0 Å².